The topological polar surface area (TPSA) is 49.3 Å². The number of halogens is 3. The Morgan fingerprint density at radius 1 is 1.25 bits per heavy atom. The number of benzene rings is 1. The molecule has 0 aliphatic carbocycles. The first kappa shape index (κ1) is 16.5. The number of likely N-dealkylation sites (N-methyl/N-ethyl adjacent to an activating group) is 1. The molecule has 0 spiro atoms. The fraction of sp³-hybridized carbons (Fsp3) is 0.500. The van der Waals surface area contributed by atoms with Gasteiger partial charge in [0.25, 0.3) is 0 Å². The van der Waals surface area contributed by atoms with Crippen molar-refractivity contribution in [1.29, 1.82) is 0 Å². The van der Waals surface area contributed by atoms with Crippen molar-refractivity contribution in [2.24, 2.45) is 0 Å². The Morgan fingerprint density at radius 2 is 1.80 bits per heavy atom. The van der Waals surface area contributed by atoms with Gasteiger partial charge in [-0.15, -0.1) is 0 Å². The standard InChI is InChI=1S/C14H18F3NO2/c1-3-11(12(13(19)20)18-4-2)9-5-7-10(8-6-9)14(15,16)17/h5-8,11-12,18H,3-4H2,1-2H3,(H,19,20). The van der Waals surface area contributed by atoms with Crippen molar-refractivity contribution in [3.8, 4) is 0 Å². The highest BCUT2D eigenvalue weighted by molar-refractivity contribution is 5.75. The van der Waals surface area contributed by atoms with Crippen LogP contribution in [-0.2, 0) is 11.0 Å². The van der Waals surface area contributed by atoms with E-state index in [1.807, 2.05) is 6.92 Å². The number of hydrogen-bond acceptors (Lipinski definition) is 2. The summed E-state index contributed by atoms with van der Waals surface area (Å²) in [6, 6.07) is 3.88. The van der Waals surface area contributed by atoms with Crippen molar-refractivity contribution in [3.05, 3.63) is 35.4 Å². The summed E-state index contributed by atoms with van der Waals surface area (Å²) in [4.78, 5) is 11.2. The molecule has 2 N–H and O–H groups in total. The first-order valence-corrected chi connectivity index (χ1v) is 6.44. The first-order chi connectivity index (χ1) is 9.31. The van der Waals surface area contributed by atoms with Crippen molar-refractivity contribution in [2.75, 3.05) is 6.54 Å². The third-order valence-electron chi connectivity index (χ3n) is 3.20. The van der Waals surface area contributed by atoms with Crippen LogP contribution in [0.3, 0.4) is 0 Å². The van der Waals surface area contributed by atoms with Gasteiger partial charge in [-0.25, -0.2) is 0 Å². The van der Waals surface area contributed by atoms with Gasteiger partial charge in [0.2, 0.25) is 0 Å². The van der Waals surface area contributed by atoms with Crippen LogP contribution >= 0.6 is 0 Å². The minimum atomic E-state index is -4.38. The molecule has 2 unspecified atom stereocenters. The van der Waals surface area contributed by atoms with Gasteiger partial charge in [-0.05, 0) is 30.7 Å². The molecular formula is C14H18F3NO2. The predicted octanol–water partition coefficient (Wildman–Crippen LogP) is 3.26. The van der Waals surface area contributed by atoms with Gasteiger partial charge in [-0.2, -0.15) is 13.2 Å². The zero-order valence-corrected chi connectivity index (χ0v) is 11.4. The van der Waals surface area contributed by atoms with Crippen LogP contribution in [0.5, 0.6) is 0 Å². The molecule has 20 heavy (non-hydrogen) atoms. The van der Waals surface area contributed by atoms with E-state index in [1.54, 1.807) is 6.92 Å². The zero-order valence-electron chi connectivity index (χ0n) is 11.4. The lowest BCUT2D eigenvalue weighted by molar-refractivity contribution is -0.140. The van der Waals surface area contributed by atoms with E-state index < -0.39 is 23.8 Å². The van der Waals surface area contributed by atoms with Crippen LogP contribution in [0, 0.1) is 0 Å². The van der Waals surface area contributed by atoms with Gasteiger partial charge in [-0.3, -0.25) is 4.79 Å². The highest BCUT2D eigenvalue weighted by Gasteiger charge is 2.31. The van der Waals surface area contributed by atoms with E-state index in [2.05, 4.69) is 5.32 Å². The molecule has 0 aliphatic heterocycles. The molecule has 0 radical (unpaired) electrons. The second kappa shape index (κ2) is 6.74. The van der Waals surface area contributed by atoms with E-state index in [9.17, 15) is 23.1 Å². The predicted molar refractivity (Wildman–Crippen MR) is 69.6 cm³/mol. The molecule has 1 rings (SSSR count). The average molecular weight is 289 g/mol. The molecule has 6 heteroatoms. The Kier molecular flexibility index (Phi) is 5.56. The Balaban J connectivity index is 3.03. The minimum absolute atomic E-state index is 0.366. The van der Waals surface area contributed by atoms with E-state index in [-0.39, 0.29) is 5.92 Å². The van der Waals surface area contributed by atoms with Crippen LogP contribution in [0.2, 0.25) is 0 Å². The van der Waals surface area contributed by atoms with Crippen molar-refractivity contribution in [1.82, 2.24) is 5.32 Å². The normalized spacial score (nSPS) is 14.8. The molecule has 0 bridgehead atoms. The Bertz CT molecular complexity index is 443. The van der Waals surface area contributed by atoms with Crippen molar-refractivity contribution in [3.63, 3.8) is 0 Å². The summed E-state index contributed by atoms with van der Waals surface area (Å²) < 4.78 is 37.5. The quantitative estimate of drug-likeness (QED) is 0.845. The molecule has 0 aromatic heterocycles. The molecule has 0 heterocycles. The number of hydrogen-bond donors (Lipinski definition) is 2. The summed E-state index contributed by atoms with van der Waals surface area (Å²) in [7, 11) is 0. The maximum Gasteiger partial charge on any atom is 0.416 e. The summed E-state index contributed by atoms with van der Waals surface area (Å²) in [5.41, 5.74) is -0.139. The van der Waals surface area contributed by atoms with Crippen LogP contribution in [-0.4, -0.2) is 23.7 Å². The summed E-state index contributed by atoms with van der Waals surface area (Å²) in [6.45, 7) is 4.08. The highest BCUT2D eigenvalue weighted by atomic mass is 19.4. The fourth-order valence-corrected chi connectivity index (χ4v) is 2.20. The van der Waals surface area contributed by atoms with E-state index >= 15 is 0 Å². The number of aliphatic carboxylic acids is 1. The molecule has 0 fully saturated rings. The molecule has 1 aromatic carbocycles. The molecule has 0 saturated carbocycles. The molecule has 3 nitrogen and oxygen atoms in total. The maximum atomic E-state index is 12.5. The lowest BCUT2D eigenvalue weighted by Gasteiger charge is -2.24. The first-order valence-electron chi connectivity index (χ1n) is 6.44. The molecular weight excluding hydrogens is 271 g/mol. The summed E-state index contributed by atoms with van der Waals surface area (Å²) >= 11 is 0. The van der Waals surface area contributed by atoms with Gasteiger partial charge in [-0.1, -0.05) is 26.0 Å². The third-order valence-corrected chi connectivity index (χ3v) is 3.20. The molecule has 0 saturated heterocycles. The van der Waals surface area contributed by atoms with E-state index in [4.69, 9.17) is 0 Å². The van der Waals surface area contributed by atoms with Crippen molar-refractivity contribution < 1.29 is 23.1 Å². The van der Waals surface area contributed by atoms with Gasteiger partial charge in [0.05, 0.1) is 5.56 Å². The summed E-state index contributed by atoms with van der Waals surface area (Å²) in [5.74, 6) is -1.37. The number of alkyl halides is 3. The van der Waals surface area contributed by atoms with Crippen LogP contribution in [0.1, 0.15) is 37.3 Å². The van der Waals surface area contributed by atoms with E-state index in [1.165, 1.54) is 12.1 Å². The Hall–Kier alpha value is -1.56. The van der Waals surface area contributed by atoms with E-state index in [0.717, 1.165) is 12.1 Å². The zero-order chi connectivity index (χ0) is 15.3. The average Bonchev–Trinajstić information content (AvgIpc) is 2.38. The fourth-order valence-electron chi connectivity index (χ4n) is 2.20. The number of rotatable bonds is 6. The summed E-state index contributed by atoms with van der Waals surface area (Å²) in [5, 5.41) is 12.1. The van der Waals surface area contributed by atoms with Gasteiger partial charge in [0.1, 0.15) is 6.04 Å². The molecule has 0 aliphatic rings. The molecule has 0 amide bonds. The summed E-state index contributed by atoms with van der Waals surface area (Å²) in [6.07, 6.45) is -3.86. The third kappa shape index (κ3) is 3.96. The maximum absolute atomic E-state index is 12.5. The van der Waals surface area contributed by atoms with Crippen LogP contribution in [0.15, 0.2) is 24.3 Å². The Labute approximate surface area is 115 Å². The van der Waals surface area contributed by atoms with Crippen LogP contribution in [0.4, 0.5) is 13.2 Å². The van der Waals surface area contributed by atoms with Crippen molar-refractivity contribution >= 4 is 5.97 Å². The number of carbonyl (C=O) groups is 1. The van der Waals surface area contributed by atoms with Gasteiger partial charge < -0.3 is 10.4 Å². The molecule has 1 aromatic rings. The monoisotopic (exact) mass is 289 g/mol. The van der Waals surface area contributed by atoms with Crippen LogP contribution < -0.4 is 5.32 Å². The number of carboxylic acid groups (broad SMARTS) is 1. The second-order valence-corrected chi connectivity index (χ2v) is 4.51. The molecule has 112 valence electrons. The Morgan fingerprint density at radius 3 is 2.15 bits per heavy atom. The van der Waals surface area contributed by atoms with Crippen LogP contribution in [0.25, 0.3) is 0 Å². The van der Waals surface area contributed by atoms with Gasteiger partial charge in [0.15, 0.2) is 0 Å². The van der Waals surface area contributed by atoms with Gasteiger partial charge in [0, 0.05) is 5.92 Å². The highest BCUT2D eigenvalue weighted by Crippen LogP contribution is 2.31. The van der Waals surface area contributed by atoms with Crippen molar-refractivity contribution in [2.45, 2.75) is 38.4 Å². The number of nitrogens with one attached hydrogen (secondary N) is 1. The molecule has 2 atom stereocenters. The lowest BCUT2D eigenvalue weighted by atomic mass is 9.88. The van der Waals surface area contributed by atoms with E-state index in [0.29, 0.717) is 18.5 Å². The van der Waals surface area contributed by atoms with Gasteiger partial charge >= 0.3 is 12.1 Å². The number of carboxylic acids is 1. The minimum Gasteiger partial charge on any atom is -0.480 e. The second-order valence-electron chi connectivity index (χ2n) is 4.51. The smallest absolute Gasteiger partial charge is 0.416 e. The largest absolute Gasteiger partial charge is 0.480 e. The lowest BCUT2D eigenvalue weighted by Crippen LogP contribution is -2.41. The SMILES string of the molecule is CCNC(C(=O)O)C(CC)c1ccc(C(F)(F)F)cc1.